The Hall–Kier alpha value is -0.591. The summed E-state index contributed by atoms with van der Waals surface area (Å²) in [6.07, 6.45) is 18.5. The van der Waals surface area contributed by atoms with Crippen LogP contribution in [0.5, 0.6) is 0 Å². The number of nitrogens with zero attached hydrogens (tertiary/aromatic N) is 3. The molecule has 0 aliphatic heterocycles. The Morgan fingerprint density at radius 2 is 1.33 bits per heavy atom. The van der Waals surface area contributed by atoms with Crippen LogP contribution in [0.25, 0.3) is 0 Å². The minimum atomic E-state index is -2.43. The number of aromatic nitrogens is 3. The topological polar surface area (TPSA) is 68.0 Å². The van der Waals surface area contributed by atoms with E-state index < -0.39 is 24.3 Å². The summed E-state index contributed by atoms with van der Waals surface area (Å²) in [4.78, 5) is 10.5. The van der Waals surface area contributed by atoms with Gasteiger partial charge in [-0.05, 0) is 0 Å². The second kappa shape index (κ2) is 17.0. The van der Waals surface area contributed by atoms with Gasteiger partial charge in [0.25, 0.3) is 0 Å². The number of carboxylic acids is 1. The van der Waals surface area contributed by atoms with Gasteiger partial charge < -0.3 is 5.11 Å². The maximum absolute atomic E-state index is 10.5. The molecule has 6 heteroatoms. The molecule has 5 nitrogen and oxygen atoms in total. The molecule has 0 atom stereocenters. The van der Waals surface area contributed by atoms with Crippen LogP contribution in [0.4, 0.5) is 0 Å². The summed E-state index contributed by atoms with van der Waals surface area (Å²) >= 11 is -2.43. The van der Waals surface area contributed by atoms with Gasteiger partial charge in [-0.3, -0.25) is 4.79 Å². The van der Waals surface area contributed by atoms with Crippen LogP contribution in [0.1, 0.15) is 111 Å². The van der Waals surface area contributed by atoms with Gasteiger partial charge in [-0.1, -0.05) is 0 Å². The van der Waals surface area contributed by atoms with Gasteiger partial charge in [-0.25, -0.2) is 0 Å². The molecule has 0 fully saturated rings. The summed E-state index contributed by atoms with van der Waals surface area (Å²) < 4.78 is 7.92. The van der Waals surface area contributed by atoms with E-state index in [9.17, 15) is 4.79 Å². The van der Waals surface area contributed by atoms with Gasteiger partial charge in [0.1, 0.15) is 0 Å². The van der Waals surface area contributed by atoms with Crippen LogP contribution in [0.15, 0.2) is 6.20 Å². The van der Waals surface area contributed by atoms with Gasteiger partial charge in [0.05, 0.1) is 0 Å². The molecule has 1 aromatic rings. The van der Waals surface area contributed by atoms with E-state index in [1.165, 1.54) is 81.2 Å². The van der Waals surface area contributed by atoms with Crippen LogP contribution in [-0.4, -0.2) is 44.4 Å². The molecule has 0 spiro atoms. The first-order chi connectivity index (χ1) is 14.6. The zero-order chi connectivity index (χ0) is 22.1. The average Bonchev–Trinajstić information content (AvgIpc) is 3.21. The van der Waals surface area contributed by atoms with Crippen molar-refractivity contribution in [2.75, 3.05) is 0 Å². The number of hydrogen-bond acceptors (Lipinski definition) is 3. The summed E-state index contributed by atoms with van der Waals surface area (Å²) in [6.45, 7) is 7.95. The van der Waals surface area contributed by atoms with Crippen LogP contribution in [0, 0.1) is 0 Å². The van der Waals surface area contributed by atoms with Crippen molar-refractivity contribution in [3.8, 4) is 0 Å². The number of carboxylic acid groups (broad SMARTS) is 1. The van der Waals surface area contributed by atoms with E-state index in [1.54, 1.807) is 0 Å². The van der Waals surface area contributed by atoms with Crippen LogP contribution in [-0.2, 0) is 11.3 Å². The summed E-state index contributed by atoms with van der Waals surface area (Å²) in [7, 11) is 0. The molecule has 1 N–H and O–H groups in total. The van der Waals surface area contributed by atoms with Crippen molar-refractivity contribution >= 4 is 28.1 Å². The fourth-order valence-corrected chi connectivity index (χ4v) is 19.5. The van der Waals surface area contributed by atoms with Gasteiger partial charge in [-0.2, -0.15) is 0 Å². The number of aliphatic carboxylic acids is 1. The molecule has 0 bridgehead atoms. The summed E-state index contributed by atoms with van der Waals surface area (Å²) in [5, 5.41) is 18.0. The summed E-state index contributed by atoms with van der Waals surface area (Å²) in [6, 6.07) is 0. The molecule has 0 amide bonds. The molecule has 1 heterocycles. The van der Waals surface area contributed by atoms with Crippen molar-refractivity contribution in [3.05, 3.63) is 6.20 Å². The number of aryl methyl sites for hydroxylation is 1. The standard InChI is InChI=1S/C12H20N3O2.3C4H9.Sn/c16-12(17)8-6-4-2-1-3-5-7-10-15-11-9-13-14-15;3*1-3-4-2;/h11H,1-8,10H2,(H,16,17);3*1,3-4H2,2H3;. The Morgan fingerprint density at radius 1 is 0.833 bits per heavy atom. The van der Waals surface area contributed by atoms with Gasteiger partial charge in [0.2, 0.25) is 0 Å². The maximum atomic E-state index is 10.5. The molecule has 0 saturated heterocycles. The molecule has 0 aliphatic carbocycles. The second-order valence-electron chi connectivity index (χ2n) is 9.08. The van der Waals surface area contributed by atoms with E-state index >= 15 is 0 Å². The zero-order valence-corrected chi connectivity index (χ0v) is 22.9. The number of rotatable bonds is 20. The molecule has 0 unspecified atom stereocenters. The monoisotopic (exact) mass is 529 g/mol. The first-order valence-corrected chi connectivity index (χ1v) is 20.2. The molecule has 0 radical (unpaired) electrons. The average molecular weight is 528 g/mol. The summed E-state index contributed by atoms with van der Waals surface area (Å²) in [5.41, 5.74) is 0. The van der Waals surface area contributed by atoms with Crippen molar-refractivity contribution in [3.63, 3.8) is 0 Å². The molecule has 0 aliphatic rings. The summed E-state index contributed by atoms with van der Waals surface area (Å²) in [5.74, 6) is -0.671. The fraction of sp³-hybridized carbons (Fsp3) is 0.875. The van der Waals surface area contributed by atoms with E-state index in [2.05, 4.69) is 36.9 Å². The van der Waals surface area contributed by atoms with Crippen LogP contribution >= 0.6 is 0 Å². The fourth-order valence-electron chi connectivity index (χ4n) is 4.39. The van der Waals surface area contributed by atoms with Crippen molar-refractivity contribution in [1.29, 1.82) is 0 Å². The second-order valence-corrected chi connectivity index (χ2v) is 22.1. The quantitative estimate of drug-likeness (QED) is 0.154. The van der Waals surface area contributed by atoms with E-state index in [0.717, 1.165) is 25.8 Å². The third kappa shape index (κ3) is 11.1. The Kier molecular flexibility index (Phi) is 15.6. The number of carbonyl (C=O) groups is 1. The van der Waals surface area contributed by atoms with Gasteiger partial charge in [-0.15, -0.1) is 0 Å². The minimum absolute atomic E-state index is 0.315. The van der Waals surface area contributed by atoms with Gasteiger partial charge >= 0.3 is 180 Å². The predicted octanol–water partition coefficient (Wildman–Crippen LogP) is 6.54. The third-order valence-corrected chi connectivity index (χ3v) is 21.4. The number of unbranched alkanes of at least 4 members (excludes halogenated alkanes) is 9. The van der Waals surface area contributed by atoms with E-state index in [0.29, 0.717) is 6.42 Å². The Bertz CT molecular complexity index is 541. The molecular weight excluding hydrogens is 481 g/mol. The molecular formula is C24H47N3O2Sn. The van der Waals surface area contributed by atoms with Crippen molar-refractivity contribution in [2.24, 2.45) is 0 Å². The molecule has 30 heavy (non-hydrogen) atoms. The van der Waals surface area contributed by atoms with Crippen molar-refractivity contribution in [2.45, 2.75) is 131 Å². The van der Waals surface area contributed by atoms with E-state index in [1.807, 2.05) is 0 Å². The zero-order valence-electron chi connectivity index (χ0n) is 20.0. The first kappa shape index (κ1) is 27.4. The molecule has 174 valence electrons. The predicted molar refractivity (Wildman–Crippen MR) is 129 cm³/mol. The Labute approximate surface area is 189 Å². The molecule has 1 rings (SSSR count). The van der Waals surface area contributed by atoms with Gasteiger partial charge in [0, 0.05) is 0 Å². The molecule has 0 saturated carbocycles. The third-order valence-electron chi connectivity index (χ3n) is 6.39. The molecule has 1 aromatic heterocycles. The Balaban J connectivity index is 2.48. The Morgan fingerprint density at radius 3 is 1.83 bits per heavy atom. The first-order valence-electron chi connectivity index (χ1n) is 12.7. The SMILES string of the molecule is CCC[CH2][Sn]([CH2]CCC)([CH2]CCC)[c]1cn(CCCCCCCCCC(=O)O)nn1. The van der Waals surface area contributed by atoms with Crippen molar-refractivity contribution in [1.82, 2.24) is 15.0 Å². The normalized spacial score (nSPS) is 11.8. The molecule has 0 aromatic carbocycles. The van der Waals surface area contributed by atoms with Crippen LogP contribution in [0.2, 0.25) is 13.3 Å². The van der Waals surface area contributed by atoms with Crippen LogP contribution in [0.3, 0.4) is 0 Å². The van der Waals surface area contributed by atoms with E-state index in [4.69, 9.17) is 10.2 Å². The van der Waals surface area contributed by atoms with Gasteiger partial charge in [0.15, 0.2) is 0 Å². The number of hydrogen-bond donors (Lipinski definition) is 1. The van der Waals surface area contributed by atoms with E-state index in [-0.39, 0.29) is 0 Å². The van der Waals surface area contributed by atoms with Crippen molar-refractivity contribution < 1.29 is 9.90 Å². The van der Waals surface area contributed by atoms with Crippen LogP contribution < -0.4 is 3.71 Å².